The average Bonchev–Trinajstić information content (AvgIpc) is 2.42. The lowest BCUT2D eigenvalue weighted by atomic mass is 10.1. The average molecular weight is 309 g/mol. The first-order valence-electron chi connectivity index (χ1n) is 6.34. The SMILES string of the molecule is CC(C)c1cc(C(=O)O)cc(Nc2cc(F)ccc2Cl)n1. The van der Waals surface area contributed by atoms with Crippen molar-refractivity contribution in [1.29, 1.82) is 0 Å². The largest absolute Gasteiger partial charge is 0.478 e. The van der Waals surface area contributed by atoms with Crippen LogP contribution in [0.4, 0.5) is 15.9 Å². The molecule has 6 heteroatoms. The Hall–Kier alpha value is -2.14. The number of benzene rings is 1. The fraction of sp³-hybridized carbons (Fsp3) is 0.200. The summed E-state index contributed by atoms with van der Waals surface area (Å²) >= 11 is 5.98. The Labute approximate surface area is 126 Å². The molecule has 4 nitrogen and oxygen atoms in total. The fourth-order valence-corrected chi connectivity index (χ4v) is 1.93. The summed E-state index contributed by atoms with van der Waals surface area (Å²) in [6.45, 7) is 3.82. The van der Waals surface area contributed by atoms with E-state index < -0.39 is 11.8 Å². The first-order chi connectivity index (χ1) is 9.86. The molecule has 0 aliphatic carbocycles. The minimum atomic E-state index is -1.05. The predicted octanol–water partition coefficient (Wildman–Crippen LogP) is 4.44. The number of nitrogens with zero attached hydrogens (tertiary/aromatic N) is 1. The molecule has 0 fully saturated rings. The molecule has 0 spiro atoms. The standard InChI is InChI=1S/C15H14ClFN2O2/c1-8(2)12-5-9(15(20)21)6-14(18-12)19-13-7-10(17)3-4-11(13)16/h3-8H,1-2H3,(H,18,19)(H,20,21). The van der Waals surface area contributed by atoms with E-state index in [1.54, 1.807) is 0 Å². The number of hydrogen-bond acceptors (Lipinski definition) is 3. The lowest BCUT2D eigenvalue weighted by Crippen LogP contribution is -2.05. The second-order valence-corrected chi connectivity index (χ2v) is 5.28. The molecule has 0 atom stereocenters. The Morgan fingerprint density at radius 2 is 2.05 bits per heavy atom. The highest BCUT2D eigenvalue weighted by atomic mass is 35.5. The number of pyridine rings is 1. The third-order valence-corrected chi connectivity index (χ3v) is 3.20. The van der Waals surface area contributed by atoms with E-state index in [2.05, 4.69) is 10.3 Å². The number of anilines is 2. The number of aromatic carboxylic acids is 1. The number of carbonyl (C=O) groups is 1. The molecule has 1 heterocycles. The van der Waals surface area contributed by atoms with Crippen LogP contribution in [0.15, 0.2) is 30.3 Å². The number of hydrogen-bond donors (Lipinski definition) is 2. The van der Waals surface area contributed by atoms with E-state index in [1.807, 2.05) is 13.8 Å². The van der Waals surface area contributed by atoms with Crippen molar-refractivity contribution in [1.82, 2.24) is 4.98 Å². The van der Waals surface area contributed by atoms with Gasteiger partial charge in [-0.15, -0.1) is 0 Å². The van der Waals surface area contributed by atoms with Gasteiger partial charge < -0.3 is 10.4 Å². The highest BCUT2D eigenvalue weighted by molar-refractivity contribution is 6.33. The van der Waals surface area contributed by atoms with Gasteiger partial charge in [0.15, 0.2) is 0 Å². The summed E-state index contributed by atoms with van der Waals surface area (Å²) in [7, 11) is 0. The van der Waals surface area contributed by atoms with Crippen LogP contribution in [0.3, 0.4) is 0 Å². The maximum atomic E-state index is 13.3. The van der Waals surface area contributed by atoms with Crippen molar-refractivity contribution in [2.45, 2.75) is 19.8 Å². The predicted molar refractivity (Wildman–Crippen MR) is 80.0 cm³/mol. The molecule has 0 bridgehead atoms. The van der Waals surface area contributed by atoms with Crippen LogP contribution in [0.2, 0.25) is 5.02 Å². The van der Waals surface area contributed by atoms with Gasteiger partial charge in [-0.05, 0) is 36.2 Å². The van der Waals surface area contributed by atoms with Gasteiger partial charge in [-0.3, -0.25) is 0 Å². The third-order valence-electron chi connectivity index (χ3n) is 2.87. The van der Waals surface area contributed by atoms with Crippen LogP contribution in [-0.4, -0.2) is 16.1 Å². The molecule has 0 unspecified atom stereocenters. The van der Waals surface area contributed by atoms with E-state index in [1.165, 1.54) is 30.3 Å². The number of nitrogens with one attached hydrogen (secondary N) is 1. The van der Waals surface area contributed by atoms with Gasteiger partial charge in [0.25, 0.3) is 0 Å². The van der Waals surface area contributed by atoms with Crippen molar-refractivity contribution < 1.29 is 14.3 Å². The monoisotopic (exact) mass is 308 g/mol. The number of aromatic nitrogens is 1. The molecule has 2 aromatic rings. The Kier molecular flexibility index (Phi) is 4.43. The smallest absolute Gasteiger partial charge is 0.335 e. The van der Waals surface area contributed by atoms with Crippen LogP contribution < -0.4 is 5.32 Å². The summed E-state index contributed by atoms with van der Waals surface area (Å²) in [5.41, 5.74) is 1.08. The number of carboxylic acids is 1. The van der Waals surface area contributed by atoms with Crippen molar-refractivity contribution in [3.05, 3.63) is 52.4 Å². The zero-order valence-corrected chi connectivity index (χ0v) is 12.3. The molecular formula is C15H14ClFN2O2. The van der Waals surface area contributed by atoms with E-state index in [4.69, 9.17) is 16.7 Å². The normalized spacial score (nSPS) is 10.7. The third kappa shape index (κ3) is 3.70. The van der Waals surface area contributed by atoms with E-state index in [-0.39, 0.29) is 11.5 Å². The molecule has 110 valence electrons. The maximum Gasteiger partial charge on any atom is 0.335 e. The zero-order valence-electron chi connectivity index (χ0n) is 11.5. The van der Waals surface area contributed by atoms with E-state index >= 15 is 0 Å². The van der Waals surface area contributed by atoms with Gasteiger partial charge in [-0.25, -0.2) is 14.2 Å². The summed E-state index contributed by atoms with van der Waals surface area (Å²) in [5, 5.41) is 12.3. The lowest BCUT2D eigenvalue weighted by Gasteiger charge is -2.12. The summed E-state index contributed by atoms with van der Waals surface area (Å²) in [6.07, 6.45) is 0. The van der Waals surface area contributed by atoms with Gasteiger partial charge in [0, 0.05) is 5.69 Å². The van der Waals surface area contributed by atoms with Crippen molar-refractivity contribution in [2.75, 3.05) is 5.32 Å². The van der Waals surface area contributed by atoms with E-state index in [9.17, 15) is 9.18 Å². The van der Waals surface area contributed by atoms with Crippen molar-refractivity contribution >= 4 is 29.1 Å². The van der Waals surface area contributed by atoms with Gasteiger partial charge in [0.2, 0.25) is 0 Å². The summed E-state index contributed by atoms with van der Waals surface area (Å²) in [4.78, 5) is 15.5. The van der Waals surface area contributed by atoms with Crippen molar-refractivity contribution in [3.8, 4) is 0 Å². The van der Waals surface area contributed by atoms with Gasteiger partial charge in [0.05, 0.1) is 16.3 Å². The first-order valence-corrected chi connectivity index (χ1v) is 6.72. The molecule has 0 aliphatic rings. The Morgan fingerprint density at radius 1 is 1.33 bits per heavy atom. The Morgan fingerprint density at radius 3 is 2.67 bits per heavy atom. The molecule has 21 heavy (non-hydrogen) atoms. The molecule has 0 aliphatic heterocycles. The van der Waals surface area contributed by atoms with Crippen LogP contribution in [0.1, 0.15) is 35.8 Å². The van der Waals surface area contributed by atoms with E-state index in [0.29, 0.717) is 22.2 Å². The molecule has 2 rings (SSSR count). The number of carboxylic acid groups (broad SMARTS) is 1. The molecule has 0 amide bonds. The molecule has 0 saturated heterocycles. The Bertz CT molecular complexity index is 689. The molecule has 0 radical (unpaired) electrons. The van der Waals surface area contributed by atoms with E-state index in [0.717, 1.165) is 0 Å². The minimum Gasteiger partial charge on any atom is -0.478 e. The molecule has 0 saturated carbocycles. The topological polar surface area (TPSA) is 62.2 Å². The highest BCUT2D eigenvalue weighted by Gasteiger charge is 2.12. The van der Waals surface area contributed by atoms with Crippen LogP contribution >= 0.6 is 11.6 Å². The number of halogens is 2. The lowest BCUT2D eigenvalue weighted by molar-refractivity contribution is 0.0696. The maximum absolute atomic E-state index is 13.3. The van der Waals surface area contributed by atoms with Crippen molar-refractivity contribution in [3.63, 3.8) is 0 Å². The second-order valence-electron chi connectivity index (χ2n) is 4.87. The molecule has 2 N–H and O–H groups in total. The van der Waals surface area contributed by atoms with Gasteiger partial charge in [0.1, 0.15) is 11.6 Å². The van der Waals surface area contributed by atoms with Crippen LogP contribution in [-0.2, 0) is 0 Å². The second kappa shape index (κ2) is 6.10. The van der Waals surface area contributed by atoms with Crippen molar-refractivity contribution in [2.24, 2.45) is 0 Å². The summed E-state index contributed by atoms with van der Waals surface area (Å²) in [6, 6.07) is 6.80. The quantitative estimate of drug-likeness (QED) is 0.876. The van der Waals surface area contributed by atoms with Crippen LogP contribution in [0.25, 0.3) is 0 Å². The molecule has 1 aromatic carbocycles. The first kappa shape index (κ1) is 15.3. The molecule has 1 aromatic heterocycles. The minimum absolute atomic E-state index is 0.0628. The fourth-order valence-electron chi connectivity index (χ4n) is 1.77. The zero-order chi connectivity index (χ0) is 15.6. The Balaban J connectivity index is 2.43. The van der Waals surface area contributed by atoms with Crippen LogP contribution in [0.5, 0.6) is 0 Å². The van der Waals surface area contributed by atoms with Gasteiger partial charge >= 0.3 is 5.97 Å². The van der Waals surface area contributed by atoms with Gasteiger partial charge in [-0.2, -0.15) is 0 Å². The van der Waals surface area contributed by atoms with Crippen LogP contribution in [0, 0.1) is 5.82 Å². The summed E-state index contributed by atoms with van der Waals surface area (Å²) in [5.74, 6) is -1.12. The van der Waals surface area contributed by atoms with Gasteiger partial charge in [-0.1, -0.05) is 25.4 Å². The summed E-state index contributed by atoms with van der Waals surface area (Å²) < 4.78 is 13.3. The molecular weight excluding hydrogens is 295 g/mol. The highest BCUT2D eigenvalue weighted by Crippen LogP contribution is 2.27. The number of rotatable bonds is 4.